The van der Waals surface area contributed by atoms with Gasteiger partial charge in [-0.05, 0) is 110 Å². The second-order valence-corrected chi connectivity index (χ2v) is 17.7. The maximum Gasteiger partial charge on any atom is 0.194 e. The maximum atomic E-state index is 15.7. The highest BCUT2D eigenvalue weighted by molar-refractivity contribution is 6.00. The van der Waals surface area contributed by atoms with Crippen LogP contribution in [0.5, 0.6) is 11.5 Å². The number of pyridine rings is 2. The van der Waals surface area contributed by atoms with Crippen molar-refractivity contribution >= 4 is 38.9 Å². The quantitative estimate of drug-likeness (QED) is 0.228. The first-order valence-corrected chi connectivity index (χ1v) is 20.9. The Morgan fingerprint density at radius 1 is 0.684 bits per heavy atom. The third-order valence-electron chi connectivity index (χ3n) is 14.0. The third-order valence-corrected chi connectivity index (χ3v) is 14.0. The standard InChI is InChI=1S/C22H29FN4O2.C22H28FN3O2/c1-12-9-27(14-6-7-14)19-16(21(12)28)18(24)17(23)20(22(19)29-3)26-10-13-5-4-8-25(2)15(13)11-26;1-13-10-26(15-6-7-15)19-16(21(13)27)9-17(23)20(22(19)28-3)25-11-14-5-4-8-24(2)18(14)12-25/h9,13-15H,4-8,10-11,24H2,1-3H3;9-10,14-15,18H,4-8,11-12H2,1-3H3. The molecule has 306 valence electrons. The summed E-state index contributed by atoms with van der Waals surface area (Å²) in [5.41, 5.74) is 9.46. The predicted octanol–water partition coefficient (Wildman–Crippen LogP) is 6.23. The van der Waals surface area contributed by atoms with E-state index < -0.39 is 5.82 Å². The number of hydrogen-bond acceptors (Lipinski definition) is 9. The van der Waals surface area contributed by atoms with Crippen LogP contribution in [0.25, 0.3) is 21.8 Å². The van der Waals surface area contributed by atoms with Gasteiger partial charge in [0, 0.05) is 73.9 Å². The normalized spacial score (nSPS) is 25.1. The molecule has 4 aromatic rings. The number of hydrogen-bond donors (Lipinski definition) is 1. The van der Waals surface area contributed by atoms with E-state index in [0.717, 1.165) is 76.9 Å². The number of likely N-dealkylation sites (N-methyl/N-ethyl adjacent to an activating group) is 2. The smallest absolute Gasteiger partial charge is 0.194 e. The fraction of sp³-hybridized carbons (Fsp3) is 0.591. The zero-order valence-electron chi connectivity index (χ0n) is 34.2. The predicted molar refractivity (Wildman–Crippen MR) is 223 cm³/mol. The highest BCUT2D eigenvalue weighted by atomic mass is 19.1. The second kappa shape index (κ2) is 14.5. The Hall–Kier alpha value is -4.36. The fourth-order valence-corrected chi connectivity index (χ4v) is 10.7. The summed E-state index contributed by atoms with van der Waals surface area (Å²) in [6.45, 7) is 8.93. The maximum absolute atomic E-state index is 15.7. The molecule has 2 aromatic heterocycles. The molecule has 0 radical (unpaired) electrons. The highest BCUT2D eigenvalue weighted by Crippen LogP contribution is 2.48. The molecule has 2 aliphatic carbocycles. The minimum Gasteiger partial charge on any atom is -0.492 e. The lowest BCUT2D eigenvalue weighted by Crippen LogP contribution is -2.42. The topological polar surface area (TPSA) is 101 Å². The number of benzene rings is 2. The van der Waals surface area contributed by atoms with E-state index in [2.05, 4.69) is 42.8 Å². The summed E-state index contributed by atoms with van der Waals surface area (Å²) in [5, 5.41) is 0.683. The summed E-state index contributed by atoms with van der Waals surface area (Å²) in [5.74, 6) is 1.15. The molecule has 4 unspecified atom stereocenters. The molecule has 4 atom stereocenters. The summed E-state index contributed by atoms with van der Waals surface area (Å²) in [6.07, 6.45) is 12.8. The molecule has 6 aliphatic rings. The van der Waals surface area contributed by atoms with Gasteiger partial charge < -0.3 is 43.9 Å². The highest BCUT2D eigenvalue weighted by Gasteiger charge is 2.42. The first-order valence-electron chi connectivity index (χ1n) is 20.9. The van der Waals surface area contributed by atoms with Gasteiger partial charge in [-0.1, -0.05) is 0 Å². The van der Waals surface area contributed by atoms with Crippen LogP contribution in [0.3, 0.4) is 0 Å². The van der Waals surface area contributed by atoms with E-state index in [1.54, 1.807) is 28.1 Å². The number of aryl methyl sites for hydroxylation is 2. The van der Waals surface area contributed by atoms with Crippen LogP contribution in [0.2, 0.25) is 0 Å². The Morgan fingerprint density at radius 3 is 1.68 bits per heavy atom. The van der Waals surface area contributed by atoms with Crippen molar-refractivity contribution in [2.24, 2.45) is 11.8 Å². The van der Waals surface area contributed by atoms with Gasteiger partial charge in [-0.25, -0.2) is 8.78 Å². The van der Waals surface area contributed by atoms with Crippen molar-refractivity contribution in [3.63, 3.8) is 0 Å². The molecule has 0 bridgehead atoms. The number of nitrogens with two attached hydrogens (primary N) is 1. The zero-order chi connectivity index (χ0) is 40.0. The van der Waals surface area contributed by atoms with Crippen molar-refractivity contribution in [1.29, 1.82) is 0 Å². The summed E-state index contributed by atoms with van der Waals surface area (Å²) in [7, 11) is 7.47. The number of anilines is 3. The molecule has 57 heavy (non-hydrogen) atoms. The van der Waals surface area contributed by atoms with Crippen LogP contribution in [0.1, 0.15) is 74.6 Å². The Balaban J connectivity index is 0.000000148. The lowest BCUT2D eigenvalue weighted by Gasteiger charge is -2.33. The molecule has 6 fully saturated rings. The second-order valence-electron chi connectivity index (χ2n) is 17.7. The van der Waals surface area contributed by atoms with Crippen LogP contribution in [0.4, 0.5) is 25.8 Å². The Morgan fingerprint density at radius 2 is 1.18 bits per heavy atom. The number of halogens is 2. The first-order chi connectivity index (χ1) is 27.4. The number of fused-ring (bicyclic) bond motifs is 4. The number of aromatic nitrogens is 2. The number of nitrogen functional groups attached to an aromatic ring is 1. The molecule has 4 saturated heterocycles. The van der Waals surface area contributed by atoms with Crippen molar-refractivity contribution in [3.05, 3.63) is 61.7 Å². The van der Waals surface area contributed by atoms with Crippen LogP contribution < -0.4 is 35.9 Å². The van der Waals surface area contributed by atoms with Gasteiger partial charge in [0.15, 0.2) is 34.0 Å². The van der Waals surface area contributed by atoms with Gasteiger partial charge in [-0.15, -0.1) is 0 Å². The first kappa shape index (κ1) is 38.2. The van der Waals surface area contributed by atoms with Crippen molar-refractivity contribution in [2.45, 2.75) is 89.4 Å². The van der Waals surface area contributed by atoms with Crippen molar-refractivity contribution in [2.75, 3.05) is 83.1 Å². The molecule has 10 rings (SSSR count). The number of rotatable bonds is 6. The van der Waals surface area contributed by atoms with Crippen LogP contribution >= 0.6 is 0 Å². The monoisotopic (exact) mass is 785 g/mol. The van der Waals surface area contributed by atoms with Crippen LogP contribution in [0, 0.1) is 37.3 Å². The number of likely N-dealkylation sites (tertiary alicyclic amines) is 2. The molecule has 13 heteroatoms. The molecular weight excluding hydrogens is 729 g/mol. The van der Waals surface area contributed by atoms with Gasteiger partial charge in [0.25, 0.3) is 0 Å². The lowest BCUT2D eigenvalue weighted by atomic mass is 9.93. The number of ether oxygens (including phenoxy) is 2. The van der Waals surface area contributed by atoms with Gasteiger partial charge in [0.05, 0.1) is 41.7 Å². The van der Waals surface area contributed by atoms with Gasteiger partial charge in [-0.2, -0.15) is 0 Å². The van der Waals surface area contributed by atoms with E-state index in [1.807, 2.05) is 12.4 Å². The van der Waals surface area contributed by atoms with E-state index in [1.165, 1.54) is 25.3 Å². The van der Waals surface area contributed by atoms with Crippen LogP contribution in [-0.4, -0.2) is 98.6 Å². The molecule has 0 amide bonds. The molecule has 6 heterocycles. The summed E-state index contributed by atoms with van der Waals surface area (Å²) >= 11 is 0. The van der Waals surface area contributed by atoms with E-state index in [4.69, 9.17) is 15.2 Å². The van der Waals surface area contributed by atoms with Crippen molar-refractivity contribution < 1.29 is 18.3 Å². The summed E-state index contributed by atoms with van der Waals surface area (Å²) in [6, 6.07) is 3.00. The van der Waals surface area contributed by atoms with Crippen LogP contribution in [0.15, 0.2) is 28.0 Å². The van der Waals surface area contributed by atoms with Crippen molar-refractivity contribution in [3.8, 4) is 11.5 Å². The molecule has 0 spiro atoms. The van der Waals surface area contributed by atoms with Gasteiger partial charge >= 0.3 is 0 Å². The van der Waals surface area contributed by atoms with Crippen molar-refractivity contribution in [1.82, 2.24) is 18.9 Å². The lowest BCUT2D eigenvalue weighted by molar-refractivity contribution is 0.158. The molecular formula is C44H57F2N7O4. The Labute approximate surface area is 332 Å². The Kier molecular flexibility index (Phi) is 9.70. The fourth-order valence-electron chi connectivity index (χ4n) is 10.7. The van der Waals surface area contributed by atoms with E-state index in [9.17, 15) is 9.59 Å². The summed E-state index contributed by atoms with van der Waals surface area (Å²) in [4.78, 5) is 34.7. The van der Waals surface area contributed by atoms with Gasteiger partial charge in [-0.3, -0.25) is 9.59 Å². The molecule has 2 saturated carbocycles. The van der Waals surface area contributed by atoms with E-state index in [0.29, 0.717) is 80.9 Å². The summed E-state index contributed by atoms with van der Waals surface area (Å²) < 4.78 is 46.8. The minimum absolute atomic E-state index is 0.0536. The Bertz CT molecular complexity index is 2370. The minimum atomic E-state index is -0.527. The molecule has 4 aliphatic heterocycles. The molecule has 11 nitrogen and oxygen atoms in total. The average Bonchev–Trinajstić information content (AvgIpc) is 4.13. The zero-order valence-corrected chi connectivity index (χ0v) is 34.2. The number of methoxy groups -OCH3 is 2. The van der Waals surface area contributed by atoms with Gasteiger partial charge in [0.1, 0.15) is 11.4 Å². The van der Waals surface area contributed by atoms with E-state index in [-0.39, 0.29) is 27.7 Å². The third kappa shape index (κ3) is 6.34. The van der Waals surface area contributed by atoms with Crippen LogP contribution in [-0.2, 0) is 0 Å². The SMILES string of the molecule is COc1c(N2CC3CCCN(C)C3C2)c(F)c(N)c2c(=O)c(C)cn(C3CC3)c12.COc1c(N2CC3CCCN(C)C3C2)c(F)cc2c(=O)c(C)cn(C3CC3)c12. The molecule has 2 aromatic carbocycles. The average molecular weight is 786 g/mol. The molecule has 2 N–H and O–H groups in total. The van der Waals surface area contributed by atoms with E-state index >= 15 is 8.78 Å². The number of nitrogens with zero attached hydrogens (tertiary/aromatic N) is 6. The number of piperidine rings is 2. The largest absolute Gasteiger partial charge is 0.492 e. The van der Waals surface area contributed by atoms with Gasteiger partial charge in [0.2, 0.25) is 0 Å².